The van der Waals surface area contributed by atoms with Crippen molar-refractivity contribution in [1.82, 2.24) is 0 Å². The topological polar surface area (TPSA) is 52.6 Å². The van der Waals surface area contributed by atoms with Crippen molar-refractivity contribution in [2.24, 2.45) is 0 Å². The highest BCUT2D eigenvalue weighted by molar-refractivity contribution is 6.14. The average molecular weight is 771 g/mol. The third-order valence-corrected chi connectivity index (χ3v) is 9.84. The maximum Gasteiger partial charge on any atom is 0.345 e. The third kappa shape index (κ3) is 30.5. The Bertz CT molecular complexity index is 1450. The van der Waals surface area contributed by atoms with E-state index in [9.17, 15) is 9.59 Å². The monoisotopic (exact) mass is 771 g/mol. The fourth-order valence-electron chi connectivity index (χ4n) is 6.07. The van der Waals surface area contributed by atoms with Crippen LogP contribution in [0.25, 0.3) is 0 Å². The number of carbonyl (C=O) groups excluding carboxylic acids is 2. The van der Waals surface area contributed by atoms with E-state index < -0.39 is 11.9 Å². The Balaban J connectivity index is 4.44. The van der Waals surface area contributed by atoms with Crippen LogP contribution in [0.5, 0.6) is 0 Å². The lowest BCUT2D eigenvalue weighted by Gasteiger charge is -2.06. The molecule has 0 unspecified atom stereocenters. The van der Waals surface area contributed by atoms with E-state index in [2.05, 4.69) is 111 Å². The normalized spacial score (nSPS) is 13.9. The van der Waals surface area contributed by atoms with E-state index in [-0.39, 0.29) is 18.8 Å². The van der Waals surface area contributed by atoms with Crippen molar-refractivity contribution < 1.29 is 19.1 Å². The Hall–Kier alpha value is -3.66. The molecule has 0 amide bonds. The standard InChI is InChI=1S/C52H82O4/c1-13-55-51(53)50(52(54)56-14-2)40-39-49(12)38-22-37-48(11)36-21-35-47(10)34-20-33-46(9)32-19-31-45(8)30-18-29-44(7)28-17-27-43(6)26-16-25-42(5)24-15-23-41(3)4/h23,25,27,29,31,33,35,37,39-40H,13-22,24,26,28,30,32,34,36,38H2,1-12H3/b42-25+,43-27+,44-29-,45-31-,46-33-,47-35-,48-37-,49-39-. The van der Waals surface area contributed by atoms with Crippen LogP contribution in [0.1, 0.15) is 186 Å². The van der Waals surface area contributed by atoms with Gasteiger partial charge in [0, 0.05) is 0 Å². The van der Waals surface area contributed by atoms with Crippen LogP contribution < -0.4 is 0 Å². The Morgan fingerprint density at radius 2 is 0.571 bits per heavy atom. The first-order valence-electron chi connectivity index (χ1n) is 21.6. The first-order valence-corrected chi connectivity index (χ1v) is 21.6. The van der Waals surface area contributed by atoms with Crippen molar-refractivity contribution in [2.75, 3.05) is 13.2 Å². The van der Waals surface area contributed by atoms with Crippen molar-refractivity contribution in [3.63, 3.8) is 0 Å². The average Bonchev–Trinajstić information content (AvgIpc) is 3.11. The molecule has 0 aromatic heterocycles. The molecule has 0 rings (SSSR count). The zero-order chi connectivity index (χ0) is 42.1. The van der Waals surface area contributed by atoms with Gasteiger partial charge in [0.2, 0.25) is 0 Å². The largest absolute Gasteiger partial charge is 0.462 e. The van der Waals surface area contributed by atoms with Crippen LogP contribution in [0.2, 0.25) is 0 Å². The van der Waals surface area contributed by atoms with Gasteiger partial charge in [0.15, 0.2) is 0 Å². The van der Waals surface area contributed by atoms with Crippen LogP contribution in [0.15, 0.2) is 116 Å². The van der Waals surface area contributed by atoms with E-state index in [1.165, 1.54) is 63.5 Å². The molecule has 4 nitrogen and oxygen atoms in total. The molecule has 0 spiro atoms. The van der Waals surface area contributed by atoms with Crippen molar-refractivity contribution in [2.45, 2.75) is 186 Å². The van der Waals surface area contributed by atoms with Crippen LogP contribution in [0.4, 0.5) is 0 Å². The summed E-state index contributed by atoms with van der Waals surface area (Å²) >= 11 is 0. The summed E-state index contributed by atoms with van der Waals surface area (Å²) < 4.78 is 10.0. The molecule has 0 atom stereocenters. The second-order valence-corrected chi connectivity index (χ2v) is 16.0. The number of ether oxygens (including phenoxy) is 2. The zero-order valence-electron chi connectivity index (χ0n) is 38.1. The lowest BCUT2D eigenvalue weighted by atomic mass is 10.0. The second kappa shape index (κ2) is 33.5. The molecule has 0 radical (unpaired) electrons. The number of hydrogen-bond donors (Lipinski definition) is 0. The highest BCUT2D eigenvalue weighted by Gasteiger charge is 2.20. The van der Waals surface area contributed by atoms with Gasteiger partial charge >= 0.3 is 11.9 Å². The van der Waals surface area contributed by atoms with Crippen LogP contribution >= 0.6 is 0 Å². The molecule has 56 heavy (non-hydrogen) atoms. The van der Waals surface area contributed by atoms with Gasteiger partial charge < -0.3 is 9.47 Å². The van der Waals surface area contributed by atoms with Gasteiger partial charge in [0.25, 0.3) is 0 Å². The first kappa shape index (κ1) is 52.3. The quantitative estimate of drug-likeness (QED) is 0.0190. The van der Waals surface area contributed by atoms with E-state index >= 15 is 0 Å². The van der Waals surface area contributed by atoms with Crippen LogP contribution in [0.3, 0.4) is 0 Å². The molecular formula is C52H82O4. The maximum absolute atomic E-state index is 12.1. The van der Waals surface area contributed by atoms with Crippen LogP contribution in [-0.4, -0.2) is 25.2 Å². The molecule has 0 heterocycles. The van der Waals surface area contributed by atoms with Crippen molar-refractivity contribution in [3.8, 4) is 0 Å². The molecule has 0 bridgehead atoms. The summed E-state index contributed by atoms with van der Waals surface area (Å²) in [5.41, 5.74) is 12.8. The van der Waals surface area contributed by atoms with Crippen molar-refractivity contribution in [3.05, 3.63) is 116 Å². The lowest BCUT2D eigenvalue weighted by Crippen LogP contribution is -2.18. The van der Waals surface area contributed by atoms with Gasteiger partial charge in [-0.15, -0.1) is 0 Å². The van der Waals surface area contributed by atoms with E-state index in [0.717, 1.165) is 95.5 Å². The molecule has 0 aromatic carbocycles. The van der Waals surface area contributed by atoms with Crippen LogP contribution in [-0.2, 0) is 19.1 Å². The molecule has 0 N–H and O–H groups in total. The van der Waals surface area contributed by atoms with E-state index in [4.69, 9.17) is 9.47 Å². The molecule has 0 aliphatic rings. The molecule has 0 fully saturated rings. The molecule has 0 saturated heterocycles. The van der Waals surface area contributed by atoms with Gasteiger partial charge in [-0.3, -0.25) is 0 Å². The van der Waals surface area contributed by atoms with Crippen molar-refractivity contribution in [1.29, 1.82) is 0 Å². The first-order chi connectivity index (χ1) is 26.7. The summed E-state index contributed by atoms with van der Waals surface area (Å²) in [6.07, 6.45) is 40.1. The predicted molar refractivity (Wildman–Crippen MR) is 245 cm³/mol. The van der Waals surface area contributed by atoms with Crippen LogP contribution in [0, 0.1) is 0 Å². The molecular weight excluding hydrogens is 689 g/mol. The Morgan fingerprint density at radius 1 is 0.339 bits per heavy atom. The SMILES string of the molecule is CCOC(=O)C(=C/C=C(/C)CC/C=C(/C)CC/C=C(/C)CC/C=C(/C)CC/C=C(/C)CC/C=C(/C)CC/C=C(\C)CC/C=C(\C)CCC=C(C)C)C(=O)OCC. The highest BCUT2D eigenvalue weighted by Crippen LogP contribution is 2.18. The minimum Gasteiger partial charge on any atom is -0.462 e. The Labute approximate surface area is 345 Å². The predicted octanol–water partition coefficient (Wildman–Crippen LogP) is 15.8. The molecule has 0 aliphatic carbocycles. The number of carbonyl (C=O) groups is 2. The van der Waals surface area contributed by atoms with Gasteiger partial charge in [-0.05, 0) is 192 Å². The number of rotatable bonds is 29. The fraction of sp³-hybridized carbons (Fsp3) is 0.577. The summed E-state index contributed by atoms with van der Waals surface area (Å²) in [6, 6.07) is 0. The van der Waals surface area contributed by atoms with Crippen molar-refractivity contribution >= 4 is 11.9 Å². The fourth-order valence-corrected chi connectivity index (χ4v) is 6.07. The van der Waals surface area contributed by atoms with Gasteiger partial charge in [-0.25, -0.2) is 9.59 Å². The molecule has 0 aliphatic heterocycles. The minimum absolute atomic E-state index is 0.0690. The third-order valence-electron chi connectivity index (χ3n) is 9.84. The smallest absolute Gasteiger partial charge is 0.345 e. The van der Waals surface area contributed by atoms with E-state index in [1.54, 1.807) is 13.8 Å². The summed E-state index contributed by atoms with van der Waals surface area (Å²) in [5, 5.41) is 0. The number of esters is 2. The zero-order valence-corrected chi connectivity index (χ0v) is 38.1. The Morgan fingerprint density at radius 3 is 0.804 bits per heavy atom. The maximum atomic E-state index is 12.1. The highest BCUT2D eigenvalue weighted by atomic mass is 16.6. The van der Waals surface area contributed by atoms with Gasteiger partial charge in [0.1, 0.15) is 5.57 Å². The molecule has 0 aromatic rings. The van der Waals surface area contributed by atoms with Gasteiger partial charge in [-0.2, -0.15) is 0 Å². The summed E-state index contributed by atoms with van der Waals surface area (Å²) in [5.74, 6) is -1.30. The minimum atomic E-state index is -0.649. The Kier molecular flexibility index (Phi) is 31.3. The summed E-state index contributed by atoms with van der Waals surface area (Å²) in [6.45, 7) is 26.0. The lowest BCUT2D eigenvalue weighted by molar-refractivity contribution is -0.146. The van der Waals surface area contributed by atoms with E-state index in [1.807, 2.05) is 13.0 Å². The van der Waals surface area contributed by atoms with Gasteiger partial charge in [-0.1, -0.05) is 105 Å². The number of allylic oxidation sites excluding steroid dienone is 19. The molecule has 314 valence electrons. The summed E-state index contributed by atoms with van der Waals surface area (Å²) in [7, 11) is 0. The van der Waals surface area contributed by atoms with E-state index in [0.29, 0.717) is 0 Å². The second-order valence-electron chi connectivity index (χ2n) is 16.0. The molecule has 0 saturated carbocycles. The van der Waals surface area contributed by atoms with Gasteiger partial charge in [0.05, 0.1) is 13.2 Å². The molecule has 4 heteroatoms. The number of hydrogen-bond acceptors (Lipinski definition) is 4. The summed E-state index contributed by atoms with van der Waals surface area (Å²) in [4.78, 5) is 24.3.